The topological polar surface area (TPSA) is 80.8 Å². The summed E-state index contributed by atoms with van der Waals surface area (Å²) in [6, 6.07) is 7.49. The van der Waals surface area contributed by atoms with Crippen LogP contribution in [0.25, 0.3) is 11.0 Å². The first-order valence-corrected chi connectivity index (χ1v) is 4.14. The van der Waals surface area contributed by atoms with Crippen molar-refractivity contribution in [3.63, 3.8) is 0 Å². The Morgan fingerprint density at radius 3 is 3.00 bits per heavy atom. The quantitative estimate of drug-likeness (QED) is 0.699. The van der Waals surface area contributed by atoms with Crippen LogP contribution < -0.4 is 10.4 Å². The number of imidazole rings is 1. The Balaban J connectivity index is 2.22. The number of aromatic nitrogens is 2. The molecular weight excluding hydrogens is 182 g/mol. The second-order valence-electron chi connectivity index (χ2n) is 2.84. The molecule has 2 N–H and O–H groups in total. The molecule has 5 heteroatoms. The number of hydrogen-bond donors (Lipinski definition) is 2. The van der Waals surface area contributed by atoms with Gasteiger partial charge in [-0.25, -0.2) is 4.98 Å². The van der Waals surface area contributed by atoms with E-state index >= 15 is 0 Å². The molecule has 0 aliphatic carbocycles. The summed E-state index contributed by atoms with van der Waals surface area (Å²) in [5, 5.41) is 12.3. The van der Waals surface area contributed by atoms with Gasteiger partial charge in [0.15, 0.2) is 0 Å². The van der Waals surface area contributed by atoms with Gasteiger partial charge in [-0.3, -0.25) is 0 Å². The maximum Gasteiger partial charge on any atom is 0.134 e. The minimum Gasteiger partial charge on any atom is -0.530 e. The molecule has 2 rings (SSSR count). The number of rotatable bonds is 2. The third-order valence-corrected chi connectivity index (χ3v) is 1.84. The molecule has 0 spiro atoms. The average molecular weight is 190 g/mol. The smallest absolute Gasteiger partial charge is 0.134 e. The molecule has 1 heterocycles. The summed E-state index contributed by atoms with van der Waals surface area (Å²) in [7, 11) is 0. The predicted molar refractivity (Wildman–Crippen MR) is 48.3 cm³/mol. The van der Waals surface area contributed by atoms with Gasteiger partial charge in [-0.05, 0) is 12.1 Å². The van der Waals surface area contributed by atoms with Crippen molar-refractivity contribution in [3.8, 4) is 0 Å². The molecule has 0 aliphatic heterocycles. The fourth-order valence-corrected chi connectivity index (χ4v) is 1.25. The monoisotopic (exact) mass is 190 g/mol. The minimum atomic E-state index is -1.30. The lowest BCUT2D eigenvalue weighted by atomic mass is 10.3. The molecule has 0 saturated carbocycles. The van der Waals surface area contributed by atoms with E-state index in [4.69, 9.17) is 0 Å². The first kappa shape index (κ1) is 8.55. The standard InChI is InChI=1S/C9H9N3O2/c13-9(14)10-5-8-11-6-3-1-2-4-7(6)12-8/h1-4,10H,5H2,(H,11,12)(H,13,14)/p-1. The second-order valence-corrected chi connectivity index (χ2v) is 2.84. The molecule has 0 aliphatic rings. The van der Waals surface area contributed by atoms with Crippen LogP contribution in [-0.2, 0) is 6.54 Å². The number of nitrogens with zero attached hydrogens (tertiary/aromatic N) is 1. The van der Waals surface area contributed by atoms with E-state index in [0.29, 0.717) is 5.82 Å². The van der Waals surface area contributed by atoms with Crippen LogP contribution in [0.2, 0.25) is 0 Å². The molecule has 14 heavy (non-hydrogen) atoms. The number of aromatic amines is 1. The van der Waals surface area contributed by atoms with Gasteiger partial charge in [0, 0.05) is 0 Å². The first-order valence-electron chi connectivity index (χ1n) is 4.14. The van der Waals surface area contributed by atoms with Crippen molar-refractivity contribution in [1.29, 1.82) is 0 Å². The van der Waals surface area contributed by atoms with E-state index < -0.39 is 6.09 Å². The van der Waals surface area contributed by atoms with E-state index in [-0.39, 0.29) is 6.54 Å². The second kappa shape index (κ2) is 3.37. The Hall–Kier alpha value is -2.04. The summed E-state index contributed by atoms with van der Waals surface area (Å²) in [5.74, 6) is 0.579. The zero-order valence-corrected chi connectivity index (χ0v) is 7.28. The Bertz CT molecular complexity index is 431. The Morgan fingerprint density at radius 1 is 1.50 bits per heavy atom. The summed E-state index contributed by atoms with van der Waals surface area (Å²) in [6.45, 7) is 0.136. The molecule has 0 atom stereocenters. The van der Waals surface area contributed by atoms with E-state index in [1.165, 1.54) is 0 Å². The number of para-hydroxylation sites is 2. The Labute approximate surface area is 79.8 Å². The SMILES string of the molecule is O=C([O-])NCc1nc2ccccc2[nH]1. The van der Waals surface area contributed by atoms with Crippen LogP contribution >= 0.6 is 0 Å². The summed E-state index contributed by atoms with van der Waals surface area (Å²) in [6.07, 6.45) is -1.30. The molecular formula is C9H8N3O2-. The Kier molecular flexibility index (Phi) is 2.06. The van der Waals surface area contributed by atoms with E-state index in [0.717, 1.165) is 11.0 Å². The number of carboxylic acid groups (broad SMARTS) is 1. The summed E-state index contributed by atoms with van der Waals surface area (Å²) in [4.78, 5) is 17.3. The van der Waals surface area contributed by atoms with Gasteiger partial charge >= 0.3 is 0 Å². The highest BCUT2D eigenvalue weighted by atomic mass is 16.4. The lowest BCUT2D eigenvalue weighted by molar-refractivity contribution is -0.251. The Morgan fingerprint density at radius 2 is 2.29 bits per heavy atom. The van der Waals surface area contributed by atoms with Crippen LogP contribution in [0.4, 0.5) is 4.79 Å². The van der Waals surface area contributed by atoms with Crippen molar-refractivity contribution in [2.24, 2.45) is 0 Å². The molecule has 0 unspecified atom stereocenters. The number of hydrogen-bond acceptors (Lipinski definition) is 3. The molecule has 72 valence electrons. The molecule has 2 aromatic rings. The summed E-state index contributed by atoms with van der Waals surface area (Å²) in [5.41, 5.74) is 1.71. The lowest BCUT2D eigenvalue weighted by Gasteiger charge is -2.02. The van der Waals surface area contributed by atoms with Crippen LogP contribution in [0.5, 0.6) is 0 Å². The van der Waals surface area contributed by atoms with E-state index in [1.807, 2.05) is 24.3 Å². The number of carbonyl (C=O) groups excluding carboxylic acids is 1. The van der Waals surface area contributed by atoms with Crippen molar-refractivity contribution in [2.45, 2.75) is 6.54 Å². The van der Waals surface area contributed by atoms with E-state index in [2.05, 4.69) is 15.3 Å². The van der Waals surface area contributed by atoms with Gasteiger partial charge in [-0.15, -0.1) is 0 Å². The van der Waals surface area contributed by atoms with E-state index in [9.17, 15) is 9.90 Å². The molecule has 1 aromatic carbocycles. The third-order valence-electron chi connectivity index (χ3n) is 1.84. The van der Waals surface area contributed by atoms with Crippen LogP contribution in [0.3, 0.4) is 0 Å². The number of fused-ring (bicyclic) bond motifs is 1. The van der Waals surface area contributed by atoms with Crippen LogP contribution in [-0.4, -0.2) is 16.1 Å². The highest BCUT2D eigenvalue weighted by molar-refractivity contribution is 5.74. The van der Waals surface area contributed by atoms with Gasteiger partial charge in [0.1, 0.15) is 11.9 Å². The van der Waals surface area contributed by atoms with Crippen LogP contribution in [0.15, 0.2) is 24.3 Å². The molecule has 1 aromatic heterocycles. The highest BCUT2D eigenvalue weighted by Gasteiger charge is 2.00. The normalized spacial score (nSPS) is 10.3. The average Bonchev–Trinajstić information content (AvgIpc) is 2.57. The molecule has 0 radical (unpaired) electrons. The lowest BCUT2D eigenvalue weighted by Crippen LogP contribution is -2.36. The summed E-state index contributed by atoms with van der Waals surface area (Å²) >= 11 is 0. The van der Waals surface area contributed by atoms with Gasteiger partial charge < -0.3 is 20.2 Å². The predicted octanol–water partition coefficient (Wildman–Crippen LogP) is -0.00420. The van der Waals surface area contributed by atoms with Crippen molar-refractivity contribution < 1.29 is 9.90 Å². The van der Waals surface area contributed by atoms with E-state index in [1.54, 1.807) is 0 Å². The van der Waals surface area contributed by atoms with Gasteiger partial charge in [-0.2, -0.15) is 0 Å². The third kappa shape index (κ3) is 1.66. The minimum absolute atomic E-state index is 0.136. The number of nitrogens with one attached hydrogen (secondary N) is 2. The molecule has 5 nitrogen and oxygen atoms in total. The molecule has 0 fully saturated rings. The number of carbonyl (C=O) groups is 1. The summed E-state index contributed by atoms with van der Waals surface area (Å²) < 4.78 is 0. The van der Waals surface area contributed by atoms with Gasteiger partial charge in [0.25, 0.3) is 0 Å². The van der Waals surface area contributed by atoms with Gasteiger partial charge in [0.2, 0.25) is 0 Å². The van der Waals surface area contributed by atoms with Crippen LogP contribution in [0, 0.1) is 0 Å². The van der Waals surface area contributed by atoms with Crippen molar-refractivity contribution in [2.75, 3.05) is 0 Å². The van der Waals surface area contributed by atoms with Gasteiger partial charge in [-0.1, -0.05) is 12.1 Å². The number of amides is 1. The number of benzene rings is 1. The fourth-order valence-electron chi connectivity index (χ4n) is 1.25. The maximum absolute atomic E-state index is 10.1. The van der Waals surface area contributed by atoms with Crippen molar-refractivity contribution in [1.82, 2.24) is 15.3 Å². The first-order chi connectivity index (χ1) is 6.75. The molecule has 0 bridgehead atoms. The maximum atomic E-state index is 10.1. The van der Waals surface area contributed by atoms with Crippen molar-refractivity contribution in [3.05, 3.63) is 30.1 Å². The fraction of sp³-hybridized carbons (Fsp3) is 0.111. The molecule has 0 saturated heterocycles. The van der Waals surface area contributed by atoms with Crippen LogP contribution in [0.1, 0.15) is 5.82 Å². The molecule has 1 amide bonds. The highest BCUT2D eigenvalue weighted by Crippen LogP contribution is 2.09. The zero-order valence-electron chi connectivity index (χ0n) is 7.28. The van der Waals surface area contributed by atoms with Crippen molar-refractivity contribution >= 4 is 17.1 Å². The zero-order chi connectivity index (χ0) is 9.97. The van der Waals surface area contributed by atoms with Gasteiger partial charge in [0.05, 0.1) is 17.6 Å². The number of H-pyrrole nitrogens is 1. The largest absolute Gasteiger partial charge is 0.530 e.